The van der Waals surface area contributed by atoms with Gasteiger partial charge in [0.05, 0.1) is 18.4 Å². The van der Waals surface area contributed by atoms with E-state index in [9.17, 15) is 9.59 Å². The molecule has 24 heavy (non-hydrogen) atoms. The van der Waals surface area contributed by atoms with Gasteiger partial charge >= 0.3 is 5.97 Å². The Bertz CT molecular complexity index is 675. The number of rotatable bonds is 9. The Morgan fingerprint density at radius 2 is 1.96 bits per heavy atom. The molecule has 0 atom stereocenters. The van der Waals surface area contributed by atoms with Crippen LogP contribution in [0.1, 0.15) is 42.3 Å². The van der Waals surface area contributed by atoms with Crippen LogP contribution < -0.4 is 10.1 Å². The maximum Gasteiger partial charge on any atom is 0.303 e. The molecule has 2 aromatic rings. The molecule has 0 aliphatic rings. The lowest BCUT2D eigenvalue weighted by atomic mass is 10.1. The molecule has 6 heteroatoms. The lowest BCUT2D eigenvalue weighted by molar-refractivity contribution is -0.137. The molecule has 1 aromatic carbocycles. The second-order valence-electron chi connectivity index (χ2n) is 5.33. The Kier molecular flexibility index (Phi) is 6.42. The number of hydrogen-bond donors (Lipinski definition) is 2. The van der Waals surface area contributed by atoms with Gasteiger partial charge < -0.3 is 19.6 Å². The largest absolute Gasteiger partial charge is 0.494 e. The number of benzene rings is 1. The van der Waals surface area contributed by atoms with Crippen LogP contribution in [-0.2, 0) is 11.2 Å². The molecule has 2 rings (SSSR count). The lowest BCUT2D eigenvalue weighted by Crippen LogP contribution is -2.12. The Labute approximate surface area is 140 Å². The average molecular weight is 331 g/mol. The van der Waals surface area contributed by atoms with Crippen LogP contribution in [0.2, 0.25) is 0 Å². The zero-order valence-electron chi connectivity index (χ0n) is 13.6. The summed E-state index contributed by atoms with van der Waals surface area (Å²) in [5.41, 5.74) is 1.20. The molecule has 0 unspecified atom stereocenters. The summed E-state index contributed by atoms with van der Waals surface area (Å²) in [5, 5.41) is 11.4. The van der Waals surface area contributed by atoms with E-state index in [4.69, 9.17) is 14.3 Å². The van der Waals surface area contributed by atoms with E-state index in [1.165, 1.54) is 6.26 Å². The standard InChI is InChI=1S/C18H21NO5/c1-2-4-16-15(10-12-24-16)18(22)19-13-6-8-14(9-7-13)23-11-3-5-17(20)21/h6-10,12H,2-5,11H2,1H3,(H,19,22)(H,20,21). The molecular formula is C18H21NO5. The number of furan rings is 1. The first-order valence-corrected chi connectivity index (χ1v) is 7.92. The maximum absolute atomic E-state index is 12.3. The van der Waals surface area contributed by atoms with Crippen molar-refractivity contribution in [2.75, 3.05) is 11.9 Å². The van der Waals surface area contributed by atoms with Crippen molar-refractivity contribution in [3.63, 3.8) is 0 Å². The van der Waals surface area contributed by atoms with Crippen LogP contribution in [0.15, 0.2) is 41.0 Å². The maximum atomic E-state index is 12.3. The highest BCUT2D eigenvalue weighted by Crippen LogP contribution is 2.19. The van der Waals surface area contributed by atoms with E-state index in [0.717, 1.165) is 12.8 Å². The van der Waals surface area contributed by atoms with Crippen molar-refractivity contribution >= 4 is 17.6 Å². The summed E-state index contributed by atoms with van der Waals surface area (Å²) in [6, 6.07) is 8.62. The summed E-state index contributed by atoms with van der Waals surface area (Å²) in [6.07, 6.45) is 3.68. The molecule has 0 fully saturated rings. The lowest BCUT2D eigenvalue weighted by Gasteiger charge is -2.08. The third-order valence-electron chi connectivity index (χ3n) is 3.38. The SMILES string of the molecule is CCCc1occc1C(=O)Nc1ccc(OCCCC(=O)O)cc1. The molecule has 0 saturated heterocycles. The van der Waals surface area contributed by atoms with Crippen molar-refractivity contribution in [2.45, 2.75) is 32.6 Å². The van der Waals surface area contributed by atoms with Crippen molar-refractivity contribution in [3.8, 4) is 5.75 Å². The number of carboxylic acids is 1. The van der Waals surface area contributed by atoms with Gasteiger partial charge in [0.15, 0.2) is 0 Å². The van der Waals surface area contributed by atoms with E-state index >= 15 is 0 Å². The molecule has 2 N–H and O–H groups in total. The molecule has 0 aliphatic heterocycles. The van der Waals surface area contributed by atoms with Gasteiger partial charge in [-0.2, -0.15) is 0 Å². The van der Waals surface area contributed by atoms with Crippen molar-refractivity contribution in [1.82, 2.24) is 0 Å². The zero-order valence-corrected chi connectivity index (χ0v) is 13.6. The molecule has 0 aliphatic carbocycles. The Morgan fingerprint density at radius 3 is 2.62 bits per heavy atom. The minimum absolute atomic E-state index is 0.0823. The highest BCUT2D eigenvalue weighted by Gasteiger charge is 2.14. The predicted octanol–water partition coefficient (Wildman–Crippen LogP) is 3.73. The summed E-state index contributed by atoms with van der Waals surface area (Å²) >= 11 is 0. The first kappa shape index (κ1) is 17.6. The Hall–Kier alpha value is -2.76. The summed E-state index contributed by atoms with van der Waals surface area (Å²) in [4.78, 5) is 22.7. The monoisotopic (exact) mass is 331 g/mol. The summed E-state index contributed by atoms with van der Waals surface area (Å²) in [7, 11) is 0. The molecule has 1 heterocycles. The third kappa shape index (κ3) is 5.15. The van der Waals surface area contributed by atoms with Crippen molar-refractivity contribution in [2.24, 2.45) is 0 Å². The van der Waals surface area contributed by atoms with Crippen LogP contribution in [-0.4, -0.2) is 23.6 Å². The van der Waals surface area contributed by atoms with Crippen molar-refractivity contribution < 1.29 is 23.8 Å². The van der Waals surface area contributed by atoms with Crippen LogP contribution in [0.25, 0.3) is 0 Å². The molecule has 0 saturated carbocycles. The fourth-order valence-corrected chi connectivity index (χ4v) is 2.21. The molecule has 1 aromatic heterocycles. The van der Waals surface area contributed by atoms with Crippen molar-refractivity contribution in [3.05, 3.63) is 47.9 Å². The van der Waals surface area contributed by atoms with E-state index in [0.29, 0.717) is 35.8 Å². The second-order valence-corrected chi connectivity index (χ2v) is 5.33. The van der Waals surface area contributed by atoms with E-state index < -0.39 is 5.97 Å². The number of carbonyl (C=O) groups excluding carboxylic acids is 1. The molecule has 0 spiro atoms. The molecule has 0 bridgehead atoms. The fraction of sp³-hybridized carbons (Fsp3) is 0.333. The van der Waals surface area contributed by atoms with Gasteiger partial charge in [0.2, 0.25) is 0 Å². The van der Waals surface area contributed by atoms with Crippen LogP contribution in [0.3, 0.4) is 0 Å². The van der Waals surface area contributed by atoms with E-state index in [-0.39, 0.29) is 12.3 Å². The first-order valence-electron chi connectivity index (χ1n) is 7.92. The topological polar surface area (TPSA) is 88.8 Å². The quantitative estimate of drug-likeness (QED) is 0.684. The summed E-state index contributed by atoms with van der Waals surface area (Å²) in [6.45, 7) is 2.37. The summed E-state index contributed by atoms with van der Waals surface area (Å²) in [5.74, 6) is 0.280. The van der Waals surface area contributed by atoms with Crippen LogP contribution in [0.5, 0.6) is 5.75 Å². The molecular weight excluding hydrogens is 310 g/mol. The number of anilines is 1. The highest BCUT2D eigenvalue weighted by atomic mass is 16.5. The smallest absolute Gasteiger partial charge is 0.303 e. The van der Waals surface area contributed by atoms with Gasteiger partial charge in [0.25, 0.3) is 5.91 Å². The average Bonchev–Trinajstić information content (AvgIpc) is 3.02. The molecule has 0 radical (unpaired) electrons. The van der Waals surface area contributed by atoms with Crippen LogP contribution >= 0.6 is 0 Å². The van der Waals surface area contributed by atoms with E-state index in [1.54, 1.807) is 30.3 Å². The zero-order chi connectivity index (χ0) is 17.4. The Balaban J connectivity index is 1.88. The van der Waals surface area contributed by atoms with Gasteiger partial charge in [0, 0.05) is 18.5 Å². The molecule has 1 amide bonds. The van der Waals surface area contributed by atoms with Gasteiger partial charge in [-0.15, -0.1) is 0 Å². The number of aliphatic carboxylic acids is 1. The van der Waals surface area contributed by atoms with Gasteiger partial charge in [-0.3, -0.25) is 9.59 Å². The highest BCUT2D eigenvalue weighted by molar-refractivity contribution is 6.04. The number of carbonyl (C=O) groups is 2. The number of amides is 1. The van der Waals surface area contributed by atoms with E-state index in [1.807, 2.05) is 6.92 Å². The first-order chi connectivity index (χ1) is 11.6. The fourth-order valence-electron chi connectivity index (χ4n) is 2.21. The summed E-state index contributed by atoms with van der Waals surface area (Å²) < 4.78 is 10.8. The minimum atomic E-state index is -0.835. The number of hydrogen-bond acceptors (Lipinski definition) is 4. The number of aryl methyl sites for hydroxylation is 1. The van der Waals surface area contributed by atoms with E-state index in [2.05, 4.69) is 5.32 Å². The van der Waals surface area contributed by atoms with Crippen molar-refractivity contribution in [1.29, 1.82) is 0 Å². The van der Waals surface area contributed by atoms with Gasteiger partial charge in [-0.25, -0.2) is 0 Å². The van der Waals surface area contributed by atoms with Crippen LogP contribution in [0.4, 0.5) is 5.69 Å². The second kappa shape index (κ2) is 8.76. The normalized spacial score (nSPS) is 10.4. The number of ether oxygens (including phenoxy) is 1. The van der Waals surface area contributed by atoms with Gasteiger partial charge in [-0.1, -0.05) is 6.92 Å². The van der Waals surface area contributed by atoms with Gasteiger partial charge in [-0.05, 0) is 43.2 Å². The number of nitrogens with one attached hydrogen (secondary N) is 1. The molecule has 6 nitrogen and oxygen atoms in total. The number of carboxylic acid groups (broad SMARTS) is 1. The third-order valence-corrected chi connectivity index (χ3v) is 3.38. The minimum Gasteiger partial charge on any atom is -0.494 e. The molecule has 128 valence electrons. The van der Waals surface area contributed by atoms with Crippen LogP contribution in [0, 0.1) is 0 Å². The van der Waals surface area contributed by atoms with Gasteiger partial charge in [0.1, 0.15) is 11.5 Å². The Morgan fingerprint density at radius 1 is 1.21 bits per heavy atom. The predicted molar refractivity (Wildman–Crippen MR) is 89.5 cm³/mol.